The van der Waals surface area contributed by atoms with E-state index in [9.17, 15) is 8.78 Å². The fourth-order valence-electron chi connectivity index (χ4n) is 1.55. The van der Waals surface area contributed by atoms with Gasteiger partial charge in [-0.3, -0.25) is 0 Å². The molecule has 0 bridgehead atoms. The van der Waals surface area contributed by atoms with Crippen LogP contribution in [0.3, 0.4) is 0 Å². The Labute approximate surface area is 119 Å². The molecular weight excluding hydrogens is 284 g/mol. The fraction of sp³-hybridized carbons (Fsp3) is 0.143. The van der Waals surface area contributed by atoms with Crippen LogP contribution in [0.2, 0.25) is 0 Å². The lowest BCUT2D eigenvalue weighted by Gasteiger charge is -2.08. The van der Waals surface area contributed by atoms with Gasteiger partial charge in [-0.15, -0.1) is 0 Å². The maximum absolute atomic E-state index is 13.2. The lowest BCUT2D eigenvalue weighted by Crippen LogP contribution is -1.92. The summed E-state index contributed by atoms with van der Waals surface area (Å²) in [5.74, 6) is -0.640. The Morgan fingerprint density at radius 2 is 1.53 bits per heavy atom. The van der Waals surface area contributed by atoms with E-state index in [2.05, 4.69) is 0 Å². The van der Waals surface area contributed by atoms with Gasteiger partial charge in [0.2, 0.25) is 0 Å². The molecule has 0 radical (unpaired) electrons. The van der Waals surface area contributed by atoms with E-state index in [1.807, 2.05) is 13.8 Å². The van der Waals surface area contributed by atoms with Crippen LogP contribution in [0.4, 0.5) is 14.5 Å². The molecule has 0 aliphatic rings. The van der Waals surface area contributed by atoms with Crippen molar-refractivity contribution in [2.75, 3.05) is 5.73 Å². The predicted octanol–water partition coefficient (Wildman–Crippen LogP) is 4.96. The van der Waals surface area contributed by atoms with Gasteiger partial charge in [0.15, 0.2) is 0 Å². The molecule has 2 rings (SSSR count). The zero-order chi connectivity index (χ0) is 14.0. The van der Waals surface area contributed by atoms with Crippen LogP contribution in [0, 0.1) is 25.5 Å². The third-order valence-electron chi connectivity index (χ3n) is 2.65. The van der Waals surface area contributed by atoms with E-state index in [0.29, 0.717) is 0 Å². The third kappa shape index (κ3) is 3.42. The summed E-state index contributed by atoms with van der Waals surface area (Å²) in [7, 11) is 3.00. The average molecular weight is 297 g/mol. The average Bonchev–Trinajstić information content (AvgIpc) is 2.34. The van der Waals surface area contributed by atoms with Gasteiger partial charge in [-0.2, -0.15) is 0 Å². The lowest BCUT2D eigenvalue weighted by atomic mass is 10.2. The summed E-state index contributed by atoms with van der Waals surface area (Å²) < 4.78 is 26.2. The molecule has 2 N–H and O–H groups in total. The Hall–Kier alpha value is -1.20. The second-order valence-electron chi connectivity index (χ2n) is 4.22. The molecule has 0 amide bonds. The zero-order valence-corrected chi connectivity index (χ0v) is 12.2. The second kappa shape index (κ2) is 5.84. The molecule has 0 heterocycles. The van der Waals surface area contributed by atoms with Gasteiger partial charge in [0, 0.05) is 9.79 Å². The van der Waals surface area contributed by atoms with E-state index in [0.717, 1.165) is 20.9 Å². The van der Waals surface area contributed by atoms with E-state index in [-0.39, 0.29) is 11.5 Å². The van der Waals surface area contributed by atoms with Gasteiger partial charge < -0.3 is 5.73 Å². The number of rotatable bonds is 3. The van der Waals surface area contributed by atoms with Crippen molar-refractivity contribution < 1.29 is 8.78 Å². The number of hydrogen-bond donors (Lipinski definition) is 1. The Kier molecular flexibility index (Phi) is 4.37. The first-order valence-electron chi connectivity index (χ1n) is 5.63. The molecule has 0 aliphatic carbocycles. The first kappa shape index (κ1) is 14.2. The first-order valence-corrected chi connectivity index (χ1v) is 7.78. The molecule has 0 fully saturated rings. The number of hydrogen-bond acceptors (Lipinski definition) is 3. The van der Waals surface area contributed by atoms with Gasteiger partial charge in [0.25, 0.3) is 0 Å². The Bertz CT molecular complexity index is 615. The topological polar surface area (TPSA) is 26.0 Å². The van der Waals surface area contributed by atoms with Crippen molar-refractivity contribution in [2.45, 2.75) is 23.6 Å². The van der Waals surface area contributed by atoms with Crippen LogP contribution >= 0.6 is 21.6 Å². The summed E-state index contributed by atoms with van der Waals surface area (Å²) >= 11 is 0. The van der Waals surface area contributed by atoms with Crippen LogP contribution in [-0.2, 0) is 0 Å². The summed E-state index contributed by atoms with van der Waals surface area (Å²) in [5, 5.41) is 0. The molecule has 0 aliphatic heterocycles. The van der Waals surface area contributed by atoms with E-state index in [1.165, 1.54) is 39.8 Å². The van der Waals surface area contributed by atoms with Crippen molar-refractivity contribution in [3.63, 3.8) is 0 Å². The molecule has 1 nitrogen and oxygen atoms in total. The summed E-state index contributed by atoms with van der Waals surface area (Å²) in [4.78, 5) is 1.89. The SMILES string of the molecule is Cc1cc(F)ccc1SSc1cc(N)c(F)cc1C. The first-order chi connectivity index (χ1) is 8.97. The molecular formula is C14H13F2NS2. The Balaban J connectivity index is 2.16. The van der Waals surface area contributed by atoms with Crippen LogP contribution in [0.25, 0.3) is 0 Å². The Morgan fingerprint density at radius 3 is 2.21 bits per heavy atom. The minimum Gasteiger partial charge on any atom is -0.396 e. The van der Waals surface area contributed by atoms with E-state index in [1.54, 1.807) is 12.1 Å². The van der Waals surface area contributed by atoms with Gasteiger partial charge >= 0.3 is 0 Å². The maximum Gasteiger partial charge on any atom is 0.146 e. The number of halogens is 2. The summed E-state index contributed by atoms with van der Waals surface area (Å²) in [6.45, 7) is 3.70. The summed E-state index contributed by atoms with van der Waals surface area (Å²) in [6, 6.07) is 7.72. The van der Waals surface area contributed by atoms with Crippen LogP contribution in [-0.4, -0.2) is 0 Å². The number of nitrogen functional groups attached to an aromatic ring is 1. The van der Waals surface area contributed by atoms with Crippen LogP contribution in [0.5, 0.6) is 0 Å². The van der Waals surface area contributed by atoms with Crippen molar-refractivity contribution in [2.24, 2.45) is 0 Å². The summed E-state index contributed by atoms with van der Waals surface area (Å²) in [6.07, 6.45) is 0. The molecule has 0 unspecified atom stereocenters. The number of nitrogens with two attached hydrogens (primary N) is 1. The predicted molar refractivity (Wildman–Crippen MR) is 78.4 cm³/mol. The highest BCUT2D eigenvalue weighted by Gasteiger charge is 2.08. The van der Waals surface area contributed by atoms with Crippen molar-refractivity contribution >= 4 is 27.3 Å². The second-order valence-corrected chi connectivity index (χ2v) is 6.43. The minimum atomic E-state index is -0.398. The van der Waals surface area contributed by atoms with Crippen LogP contribution in [0.15, 0.2) is 40.1 Å². The molecule has 2 aromatic carbocycles. The van der Waals surface area contributed by atoms with Crippen LogP contribution in [0.1, 0.15) is 11.1 Å². The van der Waals surface area contributed by atoms with Gasteiger partial charge in [-0.05, 0) is 55.3 Å². The molecule has 2 aromatic rings. The monoisotopic (exact) mass is 297 g/mol. The minimum absolute atomic E-state index is 0.143. The molecule has 0 atom stereocenters. The molecule has 100 valence electrons. The fourth-order valence-corrected chi connectivity index (χ4v) is 4.05. The van der Waals surface area contributed by atoms with E-state index in [4.69, 9.17) is 5.73 Å². The maximum atomic E-state index is 13.2. The van der Waals surface area contributed by atoms with Gasteiger partial charge in [0.1, 0.15) is 11.6 Å². The van der Waals surface area contributed by atoms with Crippen molar-refractivity contribution in [3.8, 4) is 0 Å². The quantitative estimate of drug-likeness (QED) is 0.640. The van der Waals surface area contributed by atoms with Gasteiger partial charge in [-0.1, -0.05) is 21.6 Å². The standard InChI is InChI=1S/C14H13F2NS2/c1-8-5-10(15)3-4-13(8)18-19-14-7-12(17)11(16)6-9(14)2/h3-7H,17H2,1-2H3. The molecule has 0 saturated carbocycles. The van der Waals surface area contributed by atoms with Crippen molar-refractivity contribution in [1.82, 2.24) is 0 Å². The highest BCUT2D eigenvalue weighted by atomic mass is 33.1. The number of benzene rings is 2. The zero-order valence-electron chi connectivity index (χ0n) is 10.5. The molecule has 0 saturated heterocycles. The molecule has 5 heteroatoms. The number of aryl methyl sites for hydroxylation is 2. The Morgan fingerprint density at radius 1 is 0.895 bits per heavy atom. The van der Waals surface area contributed by atoms with Gasteiger partial charge in [0.05, 0.1) is 5.69 Å². The smallest absolute Gasteiger partial charge is 0.146 e. The molecule has 0 spiro atoms. The van der Waals surface area contributed by atoms with Gasteiger partial charge in [-0.25, -0.2) is 8.78 Å². The largest absolute Gasteiger partial charge is 0.396 e. The summed E-state index contributed by atoms with van der Waals surface area (Å²) in [5.41, 5.74) is 7.42. The highest BCUT2D eigenvalue weighted by Crippen LogP contribution is 2.41. The van der Waals surface area contributed by atoms with E-state index < -0.39 is 5.82 Å². The molecule has 0 aromatic heterocycles. The highest BCUT2D eigenvalue weighted by molar-refractivity contribution is 8.76. The molecule has 19 heavy (non-hydrogen) atoms. The lowest BCUT2D eigenvalue weighted by molar-refractivity contribution is 0.625. The normalized spacial score (nSPS) is 10.7. The van der Waals surface area contributed by atoms with Crippen molar-refractivity contribution in [1.29, 1.82) is 0 Å². The van der Waals surface area contributed by atoms with E-state index >= 15 is 0 Å². The van der Waals surface area contributed by atoms with Crippen LogP contribution < -0.4 is 5.73 Å². The third-order valence-corrected chi connectivity index (χ3v) is 5.32. The number of anilines is 1. The van der Waals surface area contributed by atoms with Crippen molar-refractivity contribution in [3.05, 3.63) is 53.1 Å².